The first-order chi connectivity index (χ1) is 11.1. The predicted octanol–water partition coefficient (Wildman–Crippen LogP) is 1.88. The maximum Gasteiger partial charge on any atom is 0.305 e. The van der Waals surface area contributed by atoms with Crippen molar-refractivity contribution >= 4 is 29.1 Å². The highest BCUT2D eigenvalue weighted by atomic mass is 32.1. The second-order valence-electron chi connectivity index (χ2n) is 4.76. The van der Waals surface area contributed by atoms with Gasteiger partial charge in [-0.15, -0.1) is 11.3 Å². The summed E-state index contributed by atoms with van der Waals surface area (Å²) in [7, 11) is 0. The summed E-state index contributed by atoms with van der Waals surface area (Å²) in [4.78, 5) is 34.6. The van der Waals surface area contributed by atoms with Crippen LogP contribution in [0.2, 0.25) is 0 Å². The predicted molar refractivity (Wildman–Crippen MR) is 86.5 cm³/mol. The van der Waals surface area contributed by atoms with E-state index in [1.165, 1.54) is 11.3 Å². The largest absolute Gasteiger partial charge is 0.481 e. The third kappa shape index (κ3) is 5.23. The molecule has 23 heavy (non-hydrogen) atoms. The summed E-state index contributed by atoms with van der Waals surface area (Å²) in [5, 5.41) is 15.7. The first-order valence-electron chi connectivity index (χ1n) is 6.97. The summed E-state index contributed by atoms with van der Waals surface area (Å²) in [5.74, 6) is -1.40. The molecular formula is C16H16N2O4S. The molecule has 1 aromatic carbocycles. The van der Waals surface area contributed by atoms with Gasteiger partial charge in [0.25, 0.3) is 11.8 Å². The van der Waals surface area contributed by atoms with Crippen LogP contribution in [0, 0.1) is 0 Å². The van der Waals surface area contributed by atoms with Gasteiger partial charge in [-0.1, -0.05) is 18.2 Å². The molecule has 0 radical (unpaired) electrons. The lowest BCUT2D eigenvalue weighted by Gasteiger charge is -2.06. The Morgan fingerprint density at radius 3 is 2.35 bits per heavy atom. The molecule has 0 bridgehead atoms. The molecule has 2 amide bonds. The van der Waals surface area contributed by atoms with E-state index in [1.54, 1.807) is 30.3 Å². The minimum absolute atomic E-state index is 0.0901. The van der Waals surface area contributed by atoms with Crippen molar-refractivity contribution in [1.82, 2.24) is 10.6 Å². The van der Waals surface area contributed by atoms with E-state index in [2.05, 4.69) is 10.6 Å². The zero-order valence-electron chi connectivity index (χ0n) is 12.2. The van der Waals surface area contributed by atoms with Crippen molar-refractivity contribution in [1.29, 1.82) is 0 Å². The number of hydrogen-bond acceptors (Lipinski definition) is 4. The van der Waals surface area contributed by atoms with Crippen LogP contribution in [0.25, 0.3) is 0 Å². The van der Waals surface area contributed by atoms with Crippen LogP contribution in [-0.2, 0) is 11.3 Å². The SMILES string of the molecule is O=C(O)CCNC(=O)c1ccc(CNC(=O)c2cccs2)cc1. The van der Waals surface area contributed by atoms with Crippen molar-refractivity contribution in [2.24, 2.45) is 0 Å². The van der Waals surface area contributed by atoms with Crippen molar-refractivity contribution in [3.8, 4) is 0 Å². The van der Waals surface area contributed by atoms with E-state index < -0.39 is 5.97 Å². The molecule has 0 aliphatic rings. The standard InChI is InChI=1S/C16H16N2O4S/c19-14(20)7-8-17-15(21)12-5-3-11(4-6-12)10-18-16(22)13-2-1-9-23-13/h1-6,9H,7-8,10H2,(H,17,21)(H,18,22)(H,19,20). The number of carboxylic acids is 1. The van der Waals surface area contributed by atoms with Gasteiger partial charge in [0.05, 0.1) is 11.3 Å². The van der Waals surface area contributed by atoms with Gasteiger partial charge in [0, 0.05) is 18.7 Å². The molecule has 3 N–H and O–H groups in total. The lowest BCUT2D eigenvalue weighted by atomic mass is 10.1. The summed E-state index contributed by atoms with van der Waals surface area (Å²) < 4.78 is 0. The van der Waals surface area contributed by atoms with Crippen molar-refractivity contribution in [2.75, 3.05) is 6.54 Å². The van der Waals surface area contributed by atoms with E-state index in [-0.39, 0.29) is 24.8 Å². The molecule has 120 valence electrons. The minimum atomic E-state index is -0.956. The van der Waals surface area contributed by atoms with Gasteiger partial charge in [0.1, 0.15) is 0 Å². The summed E-state index contributed by atoms with van der Waals surface area (Å²) >= 11 is 1.38. The van der Waals surface area contributed by atoms with E-state index in [0.717, 1.165) is 5.56 Å². The molecule has 0 aliphatic carbocycles. The Morgan fingerprint density at radius 1 is 1.00 bits per heavy atom. The fourth-order valence-electron chi connectivity index (χ4n) is 1.84. The maximum absolute atomic E-state index is 11.8. The quantitative estimate of drug-likeness (QED) is 0.721. The number of carboxylic acid groups (broad SMARTS) is 1. The zero-order chi connectivity index (χ0) is 16.7. The summed E-state index contributed by atoms with van der Waals surface area (Å²) in [6, 6.07) is 10.4. The number of amides is 2. The molecule has 0 fully saturated rings. The molecule has 1 aromatic heterocycles. The summed E-state index contributed by atoms with van der Waals surface area (Å²) in [6.45, 7) is 0.463. The summed E-state index contributed by atoms with van der Waals surface area (Å²) in [6.07, 6.45) is -0.113. The molecular weight excluding hydrogens is 316 g/mol. The van der Waals surface area contributed by atoms with Gasteiger partial charge in [-0.3, -0.25) is 14.4 Å². The normalized spacial score (nSPS) is 10.1. The van der Waals surface area contributed by atoms with Crippen LogP contribution < -0.4 is 10.6 Å². The summed E-state index contributed by atoms with van der Waals surface area (Å²) in [5.41, 5.74) is 1.32. The van der Waals surface area contributed by atoms with Crippen molar-refractivity contribution in [3.05, 3.63) is 57.8 Å². The third-order valence-corrected chi connectivity index (χ3v) is 3.91. The first kappa shape index (κ1) is 16.7. The Hall–Kier alpha value is -2.67. The van der Waals surface area contributed by atoms with Crippen molar-refractivity contribution in [2.45, 2.75) is 13.0 Å². The molecule has 1 heterocycles. The Labute approximate surface area is 137 Å². The van der Waals surface area contributed by atoms with Crippen LogP contribution in [0.1, 0.15) is 32.0 Å². The molecule has 0 spiro atoms. The average Bonchev–Trinajstić information content (AvgIpc) is 3.07. The molecule has 0 unspecified atom stereocenters. The molecule has 0 saturated carbocycles. The van der Waals surface area contributed by atoms with E-state index in [1.807, 2.05) is 11.4 Å². The Bertz CT molecular complexity index is 681. The number of benzene rings is 1. The zero-order valence-corrected chi connectivity index (χ0v) is 13.1. The highest BCUT2D eigenvalue weighted by molar-refractivity contribution is 7.12. The fraction of sp³-hybridized carbons (Fsp3) is 0.188. The second kappa shape index (κ2) is 8.09. The number of carbonyl (C=O) groups excluding carboxylic acids is 2. The van der Waals surface area contributed by atoms with Gasteiger partial charge in [-0.25, -0.2) is 0 Å². The molecule has 0 saturated heterocycles. The number of hydrogen-bond donors (Lipinski definition) is 3. The third-order valence-electron chi connectivity index (χ3n) is 3.04. The second-order valence-corrected chi connectivity index (χ2v) is 5.70. The van der Waals surface area contributed by atoms with Crippen LogP contribution in [-0.4, -0.2) is 29.4 Å². The highest BCUT2D eigenvalue weighted by Crippen LogP contribution is 2.09. The molecule has 2 rings (SSSR count). The smallest absolute Gasteiger partial charge is 0.305 e. The van der Waals surface area contributed by atoms with Crippen LogP contribution in [0.4, 0.5) is 0 Å². The lowest BCUT2D eigenvalue weighted by Crippen LogP contribution is -2.26. The van der Waals surface area contributed by atoms with Gasteiger partial charge in [0.2, 0.25) is 0 Å². The van der Waals surface area contributed by atoms with Gasteiger partial charge < -0.3 is 15.7 Å². The number of nitrogens with one attached hydrogen (secondary N) is 2. The van der Waals surface area contributed by atoms with Gasteiger partial charge in [0.15, 0.2) is 0 Å². The lowest BCUT2D eigenvalue weighted by molar-refractivity contribution is -0.136. The van der Waals surface area contributed by atoms with Crippen LogP contribution in [0.3, 0.4) is 0 Å². The van der Waals surface area contributed by atoms with Crippen molar-refractivity contribution < 1.29 is 19.5 Å². The number of thiophene rings is 1. The number of carbonyl (C=O) groups is 3. The van der Waals surface area contributed by atoms with Gasteiger partial charge in [-0.05, 0) is 29.1 Å². The number of rotatable bonds is 7. The highest BCUT2D eigenvalue weighted by Gasteiger charge is 2.08. The molecule has 0 aliphatic heterocycles. The maximum atomic E-state index is 11.8. The van der Waals surface area contributed by atoms with Gasteiger partial charge in [-0.2, -0.15) is 0 Å². The molecule has 6 nitrogen and oxygen atoms in total. The Morgan fingerprint density at radius 2 is 1.74 bits per heavy atom. The average molecular weight is 332 g/mol. The van der Waals surface area contributed by atoms with Crippen LogP contribution >= 0.6 is 11.3 Å². The van der Waals surface area contributed by atoms with Crippen molar-refractivity contribution in [3.63, 3.8) is 0 Å². The van der Waals surface area contributed by atoms with E-state index in [4.69, 9.17) is 5.11 Å². The first-order valence-corrected chi connectivity index (χ1v) is 7.85. The molecule has 7 heteroatoms. The monoisotopic (exact) mass is 332 g/mol. The van der Waals surface area contributed by atoms with E-state index in [9.17, 15) is 14.4 Å². The van der Waals surface area contributed by atoms with E-state index in [0.29, 0.717) is 17.0 Å². The fourth-order valence-corrected chi connectivity index (χ4v) is 2.48. The topological polar surface area (TPSA) is 95.5 Å². The Kier molecular flexibility index (Phi) is 5.87. The Balaban J connectivity index is 1.83. The minimum Gasteiger partial charge on any atom is -0.481 e. The van der Waals surface area contributed by atoms with E-state index >= 15 is 0 Å². The van der Waals surface area contributed by atoms with Gasteiger partial charge >= 0.3 is 5.97 Å². The number of aliphatic carboxylic acids is 1. The van der Waals surface area contributed by atoms with Crippen LogP contribution in [0.5, 0.6) is 0 Å². The molecule has 2 aromatic rings. The van der Waals surface area contributed by atoms with Crippen LogP contribution in [0.15, 0.2) is 41.8 Å². The molecule has 0 atom stereocenters.